The molecule has 0 unspecified atom stereocenters. The summed E-state index contributed by atoms with van der Waals surface area (Å²) < 4.78 is 0.998. The zero-order valence-corrected chi connectivity index (χ0v) is 11.3. The van der Waals surface area contributed by atoms with E-state index in [1.807, 2.05) is 6.07 Å². The molecule has 1 N–H and O–H groups in total. The molecule has 0 atom stereocenters. The maximum atomic E-state index is 4.56. The summed E-state index contributed by atoms with van der Waals surface area (Å²) in [4.78, 5) is 12.2. The van der Waals surface area contributed by atoms with Crippen LogP contribution in [-0.2, 0) is 6.42 Å². The summed E-state index contributed by atoms with van der Waals surface area (Å²) in [5, 5.41) is 0. The number of H-pyrrole nitrogens is 1. The van der Waals surface area contributed by atoms with E-state index in [0.29, 0.717) is 0 Å². The first-order valence-electron chi connectivity index (χ1n) is 6.31. The van der Waals surface area contributed by atoms with Crippen molar-refractivity contribution in [2.24, 2.45) is 5.92 Å². The minimum Gasteiger partial charge on any atom is -0.341 e. The number of halogens is 1. The maximum absolute atomic E-state index is 4.56. The van der Waals surface area contributed by atoms with Crippen molar-refractivity contribution in [2.45, 2.75) is 38.5 Å². The number of pyridine rings is 1. The number of imidazole rings is 1. The number of hydrogen-bond donors (Lipinski definition) is 1. The van der Waals surface area contributed by atoms with Gasteiger partial charge in [0.25, 0.3) is 0 Å². The van der Waals surface area contributed by atoms with Gasteiger partial charge in [0.15, 0.2) is 5.65 Å². The van der Waals surface area contributed by atoms with Gasteiger partial charge in [0.1, 0.15) is 5.82 Å². The molecule has 0 aliphatic heterocycles. The van der Waals surface area contributed by atoms with Gasteiger partial charge >= 0.3 is 0 Å². The van der Waals surface area contributed by atoms with E-state index >= 15 is 0 Å². The first kappa shape index (κ1) is 11.2. The van der Waals surface area contributed by atoms with Crippen LogP contribution in [0.15, 0.2) is 16.7 Å². The van der Waals surface area contributed by atoms with Crippen molar-refractivity contribution in [1.29, 1.82) is 0 Å². The smallest absolute Gasteiger partial charge is 0.177 e. The van der Waals surface area contributed by atoms with Gasteiger partial charge in [0.2, 0.25) is 0 Å². The zero-order valence-electron chi connectivity index (χ0n) is 9.75. The topological polar surface area (TPSA) is 41.6 Å². The molecule has 1 saturated carbocycles. The number of aromatic amines is 1. The molecule has 4 heteroatoms. The standard InChI is InChI=1S/C13H16BrN3/c14-10-7-11-13(15-8-10)17-12(16-11)6-9-4-2-1-3-5-9/h7-9H,1-6H2,(H,15,16,17). The summed E-state index contributed by atoms with van der Waals surface area (Å²) in [6.07, 6.45) is 9.76. The summed E-state index contributed by atoms with van der Waals surface area (Å²) in [6, 6.07) is 2.04. The highest BCUT2D eigenvalue weighted by Crippen LogP contribution is 2.26. The molecular formula is C13H16BrN3. The molecule has 0 amide bonds. The van der Waals surface area contributed by atoms with E-state index in [4.69, 9.17) is 0 Å². The number of nitrogens with zero attached hydrogens (tertiary/aromatic N) is 2. The Kier molecular flexibility index (Phi) is 3.14. The quantitative estimate of drug-likeness (QED) is 0.914. The van der Waals surface area contributed by atoms with Gasteiger partial charge < -0.3 is 4.98 Å². The fraction of sp³-hybridized carbons (Fsp3) is 0.538. The Labute approximate surface area is 109 Å². The van der Waals surface area contributed by atoms with E-state index in [1.54, 1.807) is 6.20 Å². The molecule has 0 saturated heterocycles. The Morgan fingerprint density at radius 2 is 2.12 bits per heavy atom. The second kappa shape index (κ2) is 4.77. The van der Waals surface area contributed by atoms with Crippen LogP contribution in [0.3, 0.4) is 0 Å². The molecular weight excluding hydrogens is 278 g/mol. The highest BCUT2D eigenvalue weighted by Gasteiger charge is 2.16. The van der Waals surface area contributed by atoms with Crippen LogP contribution in [0.4, 0.5) is 0 Å². The van der Waals surface area contributed by atoms with E-state index in [0.717, 1.165) is 33.8 Å². The molecule has 3 nitrogen and oxygen atoms in total. The van der Waals surface area contributed by atoms with E-state index in [2.05, 4.69) is 30.9 Å². The van der Waals surface area contributed by atoms with Crippen molar-refractivity contribution in [3.8, 4) is 0 Å². The second-order valence-corrected chi connectivity index (χ2v) is 5.83. The highest BCUT2D eigenvalue weighted by molar-refractivity contribution is 9.10. The SMILES string of the molecule is Brc1cnc2nc(CC3CCCCC3)[nH]c2c1. The predicted molar refractivity (Wildman–Crippen MR) is 71.9 cm³/mol. The van der Waals surface area contributed by atoms with Crippen molar-refractivity contribution in [3.63, 3.8) is 0 Å². The molecule has 17 heavy (non-hydrogen) atoms. The molecule has 2 heterocycles. The van der Waals surface area contributed by atoms with Gasteiger partial charge in [-0.05, 0) is 27.9 Å². The first-order chi connectivity index (χ1) is 8.31. The summed E-state index contributed by atoms with van der Waals surface area (Å²) in [7, 11) is 0. The van der Waals surface area contributed by atoms with Crippen molar-refractivity contribution in [2.75, 3.05) is 0 Å². The molecule has 0 aromatic carbocycles. The Balaban J connectivity index is 1.80. The van der Waals surface area contributed by atoms with E-state index < -0.39 is 0 Å². The van der Waals surface area contributed by atoms with Crippen molar-refractivity contribution in [3.05, 3.63) is 22.6 Å². The Bertz CT molecular complexity index is 514. The minimum atomic E-state index is 0.813. The minimum absolute atomic E-state index is 0.813. The zero-order chi connectivity index (χ0) is 11.7. The van der Waals surface area contributed by atoms with Crippen LogP contribution >= 0.6 is 15.9 Å². The number of rotatable bonds is 2. The van der Waals surface area contributed by atoms with Crippen molar-refractivity contribution in [1.82, 2.24) is 15.0 Å². The number of hydrogen-bond acceptors (Lipinski definition) is 2. The third-order valence-electron chi connectivity index (χ3n) is 3.56. The lowest BCUT2D eigenvalue weighted by Crippen LogP contribution is -2.10. The number of nitrogens with one attached hydrogen (secondary N) is 1. The highest BCUT2D eigenvalue weighted by atomic mass is 79.9. The van der Waals surface area contributed by atoms with Gasteiger partial charge in [-0.25, -0.2) is 9.97 Å². The molecule has 1 fully saturated rings. The van der Waals surface area contributed by atoms with Crippen LogP contribution in [0.5, 0.6) is 0 Å². The largest absolute Gasteiger partial charge is 0.341 e. The molecule has 0 spiro atoms. The normalized spacial score (nSPS) is 17.7. The number of fused-ring (bicyclic) bond motifs is 1. The fourth-order valence-electron chi connectivity index (χ4n) is 2.69. The summed E-state index contributed by atoms with van der Waals surface area (Å²) in [5.41, 5.74) is 1.86. The average Bonchev–Trinajstić information content (AvgIpc) is 2.71. The maximum Gasteiger partial charge on any atom is 0.177 e. The molecule has 2 aromatic rings. The molecule has 2 aromatic heterocycles. The Hall–Kier alpha value is -0.900. The van der Waals surface area contributed by atoms with Crippen molar-refractivity contribution < 1.29 is 0 Å². The van der Waals surface area contributed by atoms with Crippen LogP contribution in [0, 0.1) is 5.92 Å². The third kappa shape index (κ3) is 2.51. The van der Waals surface area contributed by atoms with Gasteiger partial charge in [-0.15, -0.1) is 0 Å². The van der Waals surface area contributed by atoms with Crippen LogP contribution in [0.25, 0.3) is 11.2 Å². The Morgan fingerprint density at radius 3 is 2.94 bits per heavy atom. The molecule has 90 valence electrons. The third-order valence-corrected chi connectivity index (χ3v) is 3.99. The first-order valence-corrected chi connectivity index (χ1v) is 7.11. The van der Waals surface area contributed by atoms with Crippen LogP contribution in [-0.4, -0.2) is 15.0 Å². The molecule has 1 aliphatic rings. The molecule has 0 bridgehead atoms. The van der Waals surface area contributed by atoms with Gasteiger partial charge in [-0.2, -0.15) is 0 Å². The lowest BCUT2D eigenvalue weighted by molar-refractivity contribution is 0.352. The van der Waals surface area contributed by atoms with Gasteiger partial charge in [0, 0.05) is 17.1 Å². The summed E-state index contributed by atoms with van der Waals surface area (Å²) in [5.74, 6) is 1.91. The molecule has 0 radical (unpaired) electrons. The fourth-order valence-corrected chi connectivity index (χ4v) is 3.02. The number of aromatic nitrogens is 3. The van der Waals surface area contributed by atoms with Crippen molar-refractivity contribution >= 4 is 27.1 Å². The lowest BCUT2D eigenvalue weighted by Gasteiger charge is -2.20. The van der Waals surface area contributed by atoms with E-state index in [-0.39, 0.29) is 0 Å². The summed E-state index contributed by atoms with van der Waals surface area (Å²) in [6.45, 7) is 0. The van der Waals surface area contributed by atoms with E-state index in [1.165, 1.54) is 32.1 Å². The van der Waals surface area contributed by atoms with Crippen LogP contribution in [0.2, 0.25) is 0 Å². The lowest BCUT2D eigenvalue weighted by atomic mass is 9.87. The second-order valence-electron chi connectivity index (χ2n) is 4.92. The van der Waals surface area contributed by atoms with Gasteiger partial charge in [0.05, 0.1) is 5.52 Å². The van der Waals surface area contributed by atoms with Crippen LogP contribution in [0.1, 0.15) is 37.9 Å². The molecule has 3 rings (SSSR count). The molecule has 1 aliphatic carbocycles. The van der Waals surface area contributed by atoms with E-state index in [9.17, 15) is 0 Å². The average molecular weight is 294 g/mol. The van der Waals surface area contributed by atoms with Crippen LogP contribution < -0.4 is 0 Å². The van der Waals surface area contributed by atoms with Gasteiger partial charge in [-0.1, -0.05) is 32.1 Å². The Morgan fingerprint density at radius 1 is 1.29 bits per heavy atom. The monoisotopic (exact) mass is 293 g/mol. The van der Waals surface area contributed by atoms with Gasteiger partial charge in [-0.3, -0.25) is 0 Å². The summed E-state index contributed by atoms with van der Waals surface area (Å²) >= 11 is 3.43. The predicted octanol–water partition coefficient (Wildman–Crippen LogP) is 3.84.